The van der Waals surface area contributed by atoms with Crippen molar-refractivity contribution in [2.24, 2.45) is 11.8 Å². The van der Waals surface area contributed by atoms with Crippen LogP contribution in [0.4, 0.5) is 5.82 Å². The fourth-order valence-electron chi connectivity index (χ4n) is 2.77. The first-order valence-electron chi connectivity index (χ1n) is 7.43. The van der Waals surface area contributed by atoms with Crippen LogP contribution in [-0.2, 0) is 0 Å². The van der Waals surface area contributed by atoms with Crippen LogP contribution in [0.5, 0.6) is 0 Å². The molecule has 1 N–H and O–H groups in total. The van der Waals surface area contributed by atoms with Crippen molar-refractivity contribution in [3.8, 4) is 0 Å². The molecule has 3 rings (SSSR count). The smallest absolute Gasteiger partial charge is 0.254 e. The van der Waals surface area contributed by atoms with Gasteiger partial charge in [0.05, 0.1) is 11.1 Å². The Labute approximate surface area is 125 Å². The van der Waals surface area contributed by atoms with Gasteiger partial charge < -0.3 is 10.2 Å². The second-order valence-corrected chi connectivity index (χ2v) is 5.98. The summed E-state index contributed by atoms with van der Waals surface area (Å²) in [7, 11) is 3.71. The quantitative estimate of drug-likeness (QED) is 0.938. The van der Waals surface area contributed by atoms with Crippen molar-refractivity contribution in [3.05, 3.63) is 35.9 Å². The van der Waals surface area contributed by atoms with Gasteiger partial charge in [0.2, 0.25) is 0 Å². The van der Waals surface area contributed by atoms with Gasteiger partial charge in [-0.15, -0.1) is 0 Å². The molecule has 0 aliphatic heterocycles. The third kappa shape index (κ3) is 2.71. The summed E-state index contributed by atoms with van der Waals surface area (Å²) in [6.45, 7) is 3.08. The summed E-state index contributed by atoms with van der Waals surface area (Å²) in [4.78, 5) is 19.1. The molecule has 2 unspecified atom stereocenters. The monoisotopic (exact) mass is 283 g/mol. The van der Waals surface area contributed by atoms with Gasteiger partial charge in [0, 0.05) is 26.0 Å². The van der Waals surface area contributed by atoms with E-state index in [2.05, 4.69) is 17.2 Å². The molecule has 0 saturated heterocycles. The third-order valence-electron chi connectivity index (χ3n) is 4.33. The number of benzene rings is 1. The highest BCUT2D eigenvalue weighted by Crippen LogP contribution is 2.38. The number of carbonyl (C=O) groups is 1. The molecule has 1 aromatic heterocycles. The van der Waals surface area contributed by atoms with Crippen molar-refractivity contribution in [1.82, 2.24) is 9.88 Å². The van der Waals surface area contributed by atoms with E-state index in [-0.39, 0.29) is 5.91 Å². The average molecular weight is 283 g/mol. The number of aromatic nitrogens is 1. The summed E-state index contributed by atoms with van der Waals surface area (Å²) in [6.07, 6.45) is 1.23. The number of hydrogen-bond donors (Lipinski definition) is 1. The lowest BCUT2D eigenvalue weighted by Crippen LogP contribution is -2.29. The van der Waals surface area contributed by atoms with Crippen molar-refractivity contribution in [2.75, 3.05) is 26.0 Å². The Bertz CT molecular complexity index is 683. The van der Waals surface area contributed by atoms with Crippen molar-refractivity contribution in [3.63, 3.8) is 0 Å². The van der Waals surface area contributed by atoms with Gasteiger partial charge in [-0.25, -0.2) is 4.98 Å². The van der Waals surface area contributed by atoms with E-state index in [1.54, 1.807) is 0 Å². The molecule has 4 heteroatoms. The molecule has 1 aliphatic rings. The van der Waals surface area contributed by atoms with Gasteiger partial charge in [-0.3, -0.25) is 4.79 Å². The second-order valence-electron chi connectivity index (χ2n) is 5.98. The Morgan fingerprint density at radius 3 is 2.81 bits per heavy atom. The van der Waals surface area contributed by atoms with Crippen LogP contribution in [0.15, 0.2) is 30.3 Å². The van der Waals surface area contributed by atoms with E-state index in [4.69, 9.17) is 0 Å². The lowest BCUT2D eigenvalue weighted by molar-refractivity contribution is 0.0789. The van der Waals surface area contributed by atoms with Gasteiger partial charge in [-0.1, -0.05) is 25.1 Å². The molecule has 2 atom stereocenters. The maximum Gasteiger partial charge on any atom is 0.254 e. The average Bonchev–Trinajstić information content (AvgIpc) is 3.20. The lowest BCUT2D eigenvalue weighted by Gasteiger charge is -2.18. The number of hydrogen-bond acceptors (Lipinski definition) is 3. The normalized spacial score (nSPS) is 20.3. The molecule has 1 aliphatic carbocycles. The molecule has 1 amide bonds. The van der Waals surface area contributed by atoms with E-state index >= 15 is 0 Å². The third-order valence-corrected chi connectivity index (χ3v) is 4.33. The van der Waals surface area contributed by atoms with Gasteiger partial charge in [0.15, 0.2) is 0 Å². The zero-order valence-corrected chi connectivity index (χ0v) is 12.8. The topological polar surface area (TPSA) is 45.2 Å². The first-order chi connectivity index (χ1) is 10.1. The van der Waals surface area contributed by atoms with E-state index in [1.807, 2.05) is 49.3 Å². The highest BCUT2D eigenvalue weighted by atomic mass is 16.2. The number of nitrogens with one attached hydrogen (secondary N) is 1. The molecule has 1 fully saturated rings. The number of carbonyl (C=O) groups excluding carboxylic acids is 1. The number of rotatable bonds is 4. The standard InChI is InChI=1S/C17H21N3O/c1-11-8-12(11)10-20(3)17(21)14-9-16(18-2)19-15-7-5-4-6-13(14)15/h4-7,9,11-12H,8,10H2,1-3H3,(H,18,19). The van der Waals surface area contributed by atoms with E-state index in [0.717, 1.165) is 34.7 Å². The molecule has 21 heavy (non-hydrogen) atoms. The highest BCUT2D eigenvalue weighted by molar-refractivity contribution is 6.06. The molecule has 1 saturated carbocycles. The zero-order chi connectivity index (χ0) is 15.0. The Morgan fingerprint density at radius 2 is 2.14 bits per heavy atom. The molecule has 4 nitrogen and oxygen atoms in total. The molecular formula is C17H21N3O. The first-order valence-corrected chi connectivity index (χ1v) is 7.43. The summed E-state index contributed by atoms with van der Waals surface area (Å²) in [6, 6.07) is 9.64. The van der Waals surface area contributed by atoms with Crippen molar-refractivity contribution >= 4 is 22.6 Å². The number of amides is 1. The summed E-state index contributed by atoms with van der Waals surface area (Å²) in [5, 5.41) is 3.95. The fraction of sp³-hybridized carbons (Fsp3) is 0.412. The lowest BCUT2D eigenvalue weighted by atomic mass is 10.1. The maximum atomic E-state index is 12.8. The van der Waals surface area contributed by atoms with Crippen LogP contribution in [0.3, 0.4) is 0 Å². The molecule has 0 radical (unpaired) electrons. The summed E-state index contributed by atoms with van der Waals surface area (Å²) in [5.41, 5.74) is 1.57. The van der Waals surface area contributed by atoms with Crippen LogP contribution in [0, 0.1) is 11.8 Å². The molecule has 0 spiro atoms. The van der Waals surface area contributed by atoms with Gasteiger partial charge in [0.1, 0.15) is 5.82 Å². The summed E-state index contributed by atoms with van der Waals surface area (Å²) >= 11 is 0. The Morgan fingerprint density at radius 1 is 1.43 bits per heavy atom. The minimum absolute atomic E-state index is 0.0733. The molecule has 1 aromatic carbocycles. The fourth-order valence-corrected chi connectivity index (χ4v) is 2.77. The molecule has 2 aromatic rings. The van der Waals surface area contributed by atoms with Crippen LogP contribution in [0.25, 0.3) is 10.9 Å². The van der Waals surface area contributed by atoms with Crippen LogP contribution >= 0.6 is 0 Å². The van der Waals surface area contributed by atoms with Crippen LogP contribution in [0.1, 0.15) is 23.7 Å². The van der Waals surface area contributed by atoms with Crippen LogP contribution in [-0.4, -0.2) is 36.4 Å². The molecule has 110 valence electrons. The van der Waals surface area contributed by atoms with Crippen molar-refractivity contribution < 1.29 is 4.79 Å². The van der Waals surface area contributed by atoms with Crippen molar-refractivity contribution in [2.45, 2.75) is 13.3 Å². The van der Waals surface area contributed by atoms with E-state index in [0.29, 0.717) is 5.92 Å². The van der Waals surface area contributed by atoms with E-state index < -0.39 is 0 Å². The highest BCUT2D eigenvalue weighted by Gasteiger charge is 2.34. The summed E-state index contributed by atoms with van der Waals surface area (Å²) < 4.78 is 0. The molecular weight excluding hydrogens is 262 g/mol. The Balaban J connectivity index is 1.95. The number of para-hydroxylation sites is 1. The SMILES string of the molecule is CNc1cc(C(=O)N(C)CC2CC2C)c2ccccc2n1. The number of nitrogens with zero attached hydrogens (tertiary/aromatic N) is 2. The minimum Gasteiger partial charge on any atom is -0.373 e. The van der Waals surface area contributed by atoms with Gasteiger partial charge in [-0.2, -0.15) is 0 Å². The zero-order valence-electron chi connectivity index (χ0n) is 12.8. The Hall–Kier alpha value is -2.10. The van der Waals surface area contributed by atoms with Crippen LogP contribution < -0.4 is 5.32 Å². The van der Waals surface area contributed by atoms with E-state index in [9.17, 15) is 4.79 Å². The van der Waals surface area contributed by atoms with Gasteiger partial charge in [-0.05, 0) is 30.4 Å². The first kappa shape index (κ1) is 13.9. The predicted molar refractivity (Wildman–Crippen MR) is 85.5 cm³/mol. The number of pyridine rings is 1. The van der Waals surface area contributed by atoms with Crippen molar-refractivity contribution in [1.29, 1.82) is 0 Å². The van der Waals surface area contributed by atoms with Gasteiger partial charge >= 0.3 is 0 Å². The Kier molecular flexibility index (Phi) is 3.53. The van der Waals surface area contributed by atoms with Crippen LogP contribution in [0.2, 0.25) is 0 Å². The second kappa shape index (κ2) is 5.35. The number of fused-ring (bicyclic) bond motifs is 1. The largest absolute Gasteiger partial charge is 0.373 e. The number of anilines is 1. The van der Waals surface area contributed by atoms with Gasteiger partial charge in [0.25, 0.3) is 5.91 Å². The molecule has 1 heterocycles. The van der Waals surface area contributed by atoms with E-state index in [1.165, 1.54) is 6.42 Å². The predicted octanol–water partition coefficient (Wildman–Crippen LogP) is 3.00. The minimum atomic E-state index is 0.0733. The maximum absolute atomic E-state index is 12.8. The summed E-state index contributed by atoms with van der Waals surface area (Å²) in [5.74, 6) is 2.22. The molecule has 0 bridgehead atoms.